The molecule has 0 fully saturated rings. The smallest absolute Gasteiger partial charge is 0.338 e. The number of carboxylic acids is 1. The summed E-state index contributed by atoms with van der Waals surface area (Å²) in [5.74, 6) is -1.94. The van der Waals surface area contributed by atoms with E-state index in [4.69, 9.17) is 5.11 Å². The van der Waals surface area contributed by atoms with Crippen LogP contribution in [0.3, 0.4) is 0 Å². The number of halogens is 1. The molecule has 0 aliphatic rings. The molecular formula is C14H11FO2. The summed E-state index contributed by atoms with van der Waals surface area (Å²) in [7, 11) is 0. The topological polar surface area (TPSA) is 37.3 Å². The van der Waals surface area contributed by atoms with Crippen LogP contribution in [0.1, 0.15) is 15.9 Å². The molecule has 3 heteroatoms. The number of benzene rings is 2. The molecule has 86 valence electrons. The van der Waals surface area contributed by atoms with E-state index in [0.29, 0.717) is 11.1 Å². The van der Waals surface area contributed by atoms with Crippen LogP contribution in [0.4, 0.5) is 4.39 Å². The Morgan fingerprint density at radius 2 is 1.71 bits per heavy atom. The zero-order valence-electron chi connectivity index (χ0n) is 9.27. The van der Waals surface area contributed by atoms with Crippen molar-refractivity contribution in [1.82, 2.24) is 0 Å². The average Bonchev–Trinajstić information content (AvgIpc) is 2.30. The predicted molar refractivity (Wildman–Crippen MR) is 63.5 cm³/mol. The van der Waals surface area contributed by atoms with Crippen molar-refractivity contribution in [2.24, 2.45) is 0 Å². The van der Waals surface area contributed by atoms with Gasteiger partial charge in [-0.1, -0.05) is 36.4 Å². The standard InChI is InChI=1S/C14H11FO2/c1-9-5-2-3-6-10(9)11-7-4-8-12(13(11)15)14(16)17/h2-8H,1H3,(H,16,17). The van der Waals surface area contributed by atoms with Crippen LogP contribution in [0, 0.1) is 12.7 Å². The van der Waals surface area contributed by atoms with E-state index < -0.39 is 11.8 Å². The van der Waals surface area contributed by atoms with E-state index in [1.54, 1.807) is 24.3 Å². The Kier molecular flexibility index (Phi) is 2.91. The highest BCUT2D eigenvalue weighted by atomic mass is 19.1. The Hall–Kier alpha value is -2.16. The Balaban J connectivity index is 2.65. The lowest BCUT2D eigenvalue weighted by Gasteiger charge is -2.08. The van der Waals surface area contributed by atoms with Crippen LogP contribution >= 0.6 is 0 Å². The van der Waals surface area contributed by atoms with Gasteiger partial charge in [0, 0.05) is 5.56 Å². The molecule has 0 atom stereocenters. The fraction of sp³-hybridized carbons (Fsp3) is 0.0714. The van der Waals surface area contributed by atoms with Crippen LogP contribution in [0.25, 0.3) is 11.1 Å². The van der Waals surface area contributed by atoms with Crippen molar-refractivity contribution in [2.45, 2.75) is 6.92 Å². The van der Waals surface area contributed by atoms with E-state index in [1.165, 1.54) is 6.07 Å². The molecule has 0 saturated carbocycles. The van der Waals surface area contributed by atoms with Gasteiger partial charge in [-0.15, -0.1) is 0 Å². The van der Waals surface area contributed by atoms with E-state index >= 15 is 0 Å². The number of rotatable bonds is 2. The van der Waals surface area contributed by atoms with Crippen molar-refractivity contribution in [3.05, 3.63) is 59.4 Å². The van der Waals surface area contributed by atoms with Gasteiger partial charge in [0.25, 0.3) is 0 Å². The summed E-state index contributed by atoms with van der Waals surface area (Å²) in [6.45, 7) is 1.86. The molecule has 0 radical (unpaired) electrons. The molecular weight excluding hydrogens is 219 g/mol. The van der Waals surface area contributed by atoms with Crippen LogP contribution < -0.4 is 0 Å². The molecule has 0 aliphatic heterocycles. The van der Waals surface area contributed by atoms with Crippen molar-refractivity contribution in [3.8, 4) is 11.1 Å². The Morgan fingerprint density at radius 3 is 2.35 bits per heavy atom. The third-order valence-corrected chi connectivity index (χ3v) is 2.66. The molecule has 0 spiro atoms. The van der Waals surface area contributed by atoms with E-state index in [2.05, 4.69) is 0 Å². The summed E-state index contributed by atoms with van der Waals surface area (Å²) in [6.07, 6.45) is 0. The van der Waals surface area contributed by atoms with Gasteiger partial charge >= 0.3 is 5.97 Å². The summed E-state index contributed by atoms with van der Waals surface area (Å²) in [5, 5.41) is 8.87. The molecule has 2 rings (SSSR count). The van der Waals surface area contributed by atoms with Crippen LogP contribution in [0.2, 0.25) is 0 Å². The van der Waals surface area contributed by atoms with Crippen LogP contribution in [-0.2, 0) is 0 Å². The summed E-state index contributed by atoms with van der Waals surface area (Å²) in [4.78, 5) is 10.9. The Labute approximate surface area is 98.3 Å². The lowest BCUT2D eigenvalue weighted by atomic mass is 9.98. The normalized spacial score (nSPS) is 10.2. The first-order chi connectivity index (χ1) is 8.11. The first-order valence-electron chi connectivity index (χ1n) is 5.19. The fourth-order valence-corrected chi connectivity index (χ4v) is 1.78. The zero-order valence-corrected chi connectivity index (χ0v) is 9.27. The second kappa shape index (κ2) is 4.37. The highest BCUT2D eigenvalue weighted by Gasteiger charge is 2.15. The van der Waals surface area contributed by atoms with Crippen molar-refractivity contribution in [1.29, 1.82) is 0 Å². The monoisotopic (exact) mass is 230 g/mol. The molecule has 17 heavy (non-hydrogen) atoms. The molecule has 0 unspecified atom stereocenters. The van der Waals surface area contributed by atoms with Gasteiger partial charge in [0.15, 0.2) is 0 Å². The van der Waals surface area contributed by atoms with Gasteiger partial charge in [0.2, 0.25) is 0 Å². The predicted octanol–water partition coefficient (Wildman–Crippen LogP) is 3.50. The maximum Gasteiger partial charge on any atom is 0.338 e. The second-order valence-corrected chi connectivity index (χ2v) is 3.79. The highest BCUT2D eigenvalue weighted by molar-refractivity contribution is 5.90. The summed E-state index contributed by atoms with van der Waals surface area (Å²) in [6, 6.07) is 11.7. The second-order valence-electron chi connectivity index (χ2n) is 3.79. The lowest BCUT2D eigenvalue weighted by molar-refractivity contribution is 0.0692. The van der Waals surface area contributed by atoms with Crippen molar-refractivity contribution >= 4 is 5.97 Å². The molecule has 0 aromatic heterocycles. The fourth-order valence-electron chi connectivity index (χ4n) is 1.78. The molecule has 2 aromatic carbocycles. The highest BCUT2D eigenvalue weighted by Crippen LogP contribution is 2.27. The zero-order chi connectivity index (χ0) is 12.4. The number of hydrogen-bond acceptors (Lipinski definition) is 1. The summed E-state index contributed by atoms with van der Waals surface area (Å²) >= 11 is 0. The maximum absolute atomic E-state index is 14.0. The van der Waals surface area contributed by atoms with E-state index in [-0.39, 0.29) is 5.56 Å². The van der Waals surface area contributed by atoms with Crippen molar-refractivity contribution in [2.75, 3.05) is 0 Å². The van der Waals surface area contributed by atoms with Crippen LogP contribution in [0.15, 0.2) is 42.5 Å². The third-order valence-electron chi connectivity index (χ3n) is 2.66. The van der Waals surface area contributed by atoms with E-state index in [9.17, 15) is 9.18 Å². The van der Waals surface area contributed by atoms with Gasteiger partial charge in [-0.3, -0.25) is 0 Å². The number of carboxylic acid groups (broad SMARTS) is 1. The molecule has 2 aromatic rings. The van der Waals surface area contributed by atoms with Gasteiger partial charge < -0.3 is 5.11 Å². The number of aryl methyl sites for hydroxylation is 1. The lowest BCUT2D eigenvalue weighted by Crippen LogP contribution is -2.02. The molecule has 0 saturated heterocycles. The Morgan fingerprint density at radius 1 is 1.06 bits per heavy atom. The summed E-state index contributed by atoms with van der Waals surface area (Å²) in [5.41, 5.74) is 1.65. The minimum Gasteiger partial charge on any atom is -0.478 e. The minimum atomic E-state index is -1.25. The molecule has 0 aliphatic carbocycles. The van der Waals surface area contributed by atoms with Gasteiger partial charge in [0.05, 0.1) is 5.56 Å². The molecule has 0 heterocycles. The summed E-state index contributed by atoms with van der Waals surface area (Å²) < 4.78 is 14.0. The van der Waals surface area contributed by atoms with Crippen LogP contribution in [0.5, 0.6) is 0 Å². The maximum atomic E-state index is 14.0. The van der Waals surface area contributed by atoms with E-state index in [1.807, 2.05) is 19.1 Å². The molecule has 2 nitrogen and oxygen atoms in total. The SMILES string of the molecule is Cc1ccccc1-c1cccc(C(=O)O)c1F. The number of hydrogen-bond donors (Lipinski definition) is 1. The molecule has 0 amide bonds. The average molecular weight is 230 g/mol. The molecule has 1 N–H and O–H groups in total. The van der Waals surface area contributed by atoms with Gasteiger partial charge in [0.1, 0.15) is 5.82 Å². The first-order valence-corrected chi connectivity index (χ1v) is 5.19. The van der Waals surface area contributed by atoms with Crippen molar-refractivity contribution in [3.63, 3.8) is 0 Å². The van der Waals surface area contributed by atoms with Crippen molar-refractivity contribution < 1.29 is 14.3 Å². The first kappa shape index (κ1) is 11.3. The van der Waals surface area contributed by atoms with E-state index in [0.717, 1.165) is 5.56 Å². The minimum absolute atomic E-state index is 0.300. The van der Waals surface area contributed by atoms with Gasteiger partial charge in [-0.05, 0) is 24.1 Å². The third kappa shape index (κ3) is 2.04. The van der Waals surface area contributed by atoms with Gasteiger partial charge in [-0.2, -0.15) is 0 Å². The molecule has 0 bridgehead atoms. The quantitative estimate of drug-likeness (QED) is 0.857. The largest absolute Gasteiger partial charge is 0.478 e. The van der Waals surface area contributed by atoms with Gasteiger partial charge in [-0.25, -0.2) is 9.18 Å². The number of aromatic carboxylic acids is 1. The Bertz CT molecular complexity index is 576. The number of carbonyl (C=O) groups is 1. The van der Waals surface area contributed by atoms with Crippen LogP contribution in [-0.4, -0.2) is 11.1 Å².